The number of benzene rings is 3. The Morgan fingerprint density at radius 3 is 2.39 bits per heavy atom. The van der Waals surface area contributed by atoms with Crippen LogP contribution in [0.5, 0.6) is 5.75 Å². The lowest BCUT2D eigenvalue weighted by Gasteiger charge is -2.15. The summed E-state index contributed by atoms with van der Waals surface area (Å²) < 4.78 is 12.4. The third kappa shape index (κ3) is 7.95. The van der Waals surface area contributed by atoms with Crippen LogP contribution in [0.4, 0.5) is 5.69 Å². The first kappa shape index (κ1) is 29.3. The lowest BCUT2D eigenvalue weighted by atomic mass is 10.1. The van der Waals surface area contributed by atoms with E-state index in [1.54, 1.807) is 43.3 Å². The van der Waals surface area contributed by atoms with Gasteiger partial charge in [-0.3, -0.25) is 14.2 Å². The van der Waals surface area contributed by atoms with Crippen molar-refractivity contribution in [1.29, 1.82) is 0 Å². The number of amides is 2. The van der Waals surface area contributed by atoms with E-state index in [1.165, 1.54) is 11.8 Å². The van der Waals surface area contributed by atoms with Crippen molar-refractivity contribution >= 4 is 35.2 Å². The zero-order chi connectivity index (χ0) is 29.2. The van der Waals surface area contributed by atoms with Crippen LogP contribution in [0.1, 0.15) is 34.2 Å². The Kier molecular flexibility index (Phi) is 10.1. The summed E-state index contributed by atoms with van der Waals surface area (Å²) in [5.41, 5.74) is 3.94. The third-order valence-corrected chi connectivity index (χ3v) is 7.02. The van der Waals surface area contributed by atoms with Gasteiger partial charge in [-0.25, -0.2) is 4.79 Å². The highest BCUT2D eigenvalue weighted by Gasteiger charge is 2.19. The van der Waals surface area contributed by atoms with E-state index in [1.807, 2.05) is 54.8 Å². The normalized spacial score (nSPS) is 10.6. The Morgan fingerprint density at radius 2 is 1.66 bits per heavy atom. The zero-order valence-corrected chi connectivity index (χ0v) is 23.9. The summed E-state index contributed by atoms with van der Waals surface area (Å²) in [6, 6.07) is 21.5. The third-order valence-electron chi connectivity index (χ3n) is 6.09. The van der Waals surface area contributed by atoms with Gasteiger partial charge < -0.3 is 20.1 Å². The number of rotatable bonds is 12. The first-order valence-corrected chi connectivity index (χ1v) is 14.0. The number of hydrogen-bond donors (Lipinski definition) is 2. The molecule has 0 aliphatic heterocycles. The topological polar surface area (TPSA) is 124 Å². The molecule has 41 heavy (non-hydrogen) atoms. The molecule has 2 amide bonds. The van der Waals surface area contributed by atoms with Crippen LogP contribution in [-0.2, 0) is 20.9 Å². The molecule has 0 aliphatic rings. The van der Waals surface area contributed by atoms with Gasteiger partial charge >= 0.3 is 5.97 Å². The van der Waals surface area contributed by atoms with Crippen LogP contribution >= 0.6 is 11.8 Å². The van der Waals surface area contributed by atoms with Crippen molar-refractivity contribution < 1.29 is 23.9 Å². The number of nitrogens with one attached hydrogen (secondary N) is 2. The number of hydrogen-bond acceptors (Lipinski definition) is 8. The van der Waals surface area contributed by atoms with E-state index >= 15 is 0 Å². The molecule has 212 valence electrons. The van der Waals surface area contributed by atoms with Crippen molar-refractivity contribution in [2.75, 3.05) is 24.3 Å². The number of thioether (sulfide) groups is 1. The molecule has 0 radical (unpaired) electrons. The molecule has 0 spiro atoms. The minimum Gasteiger partial charge on any atom is -0.484 e. The van der Waals surface area contributed by atoms with Crippen molar-refractivity contribution in [1.82, 2.24) is 20.1 Å². The number of ether oxygens (including phenoxy) is 2. The predicted molar refractivity (Wildman–Crippen MR) is 156 cm³/mol. The molecule has 4 aromatic rings. The SMILES string of the molecule is CCOC(=O)c1ccc(NC(=O)CSc2nnc(CNC(=O)COc3ccccc3)n2-c2cccc(C)c2C)cc1. The average molecular weight is 574 g/mol. The summed E-state index contributed by atoms with van der Waals surface area (Å²) in [6.45, 7) is 6.03. The highest BCUT2D eigenvalue weighted by Crippen LogP contribution is 2.26. The molecule has 0 saturated carbocycles. The standard InChI is InChI=1S/C30H31N5O5S/c1-4-39-29(38)22-13-15-23(16-14-22)32-28(37)19-41-30-34-33-26(35(30)25-12-8-9-20(2)21(25)3)17-31-27(36)18-40-24-10-6-5-7-11-24/h5-16H,4,17-19H2,1-3H3,(H,31,36)(H,32,37). The van der Waals surface area contributed by atoms with Crippen molar-refractivity contribution in [3.8, 4) is 11.4 Å². The minimum atomic E-state index is -0.414. The van der Waals surface area contributed by atoms with E-state index in [2.05, 4.69) is 20.8 Å². The maximum Gasteiger partial charge on any atom is 0.338 e. The summed E-state index contributed by atoms with van der Waals surface area (Å²) in [6.07, 6.45) is 0. The van der Waals surface area contributed by atoms with E-state index in [4.69, 9.17) is 9.47 Å². The van der Waals surface area contributed by atoms with Gasteiger partial charge in [0.1, 0.15) is 5.75 Å². The highest BCUT2D eigenvalue weighted by atomic mass is 32.2. The van der Waals surface area contributed by atoms with Gasteiger partial charge in [0.15, 0.2) is 17.6 Å². The molecule has 3 aromatic carbocycles. The van der Waals surface area contributed by atoms with E-state index in [9.17, 15) is 14.4 Å². The lowest BCUT2D eigenvalue weighted by Crippen LogP contribution is -2.29. The van der Waals surface area contributed by atoms with Gasteiger partial charge in [-0.1, -0.05) is 42.1 Å². The molecule has 0 bridgehead atoms. The van der Waals surface area contributed by atoms with Crippen molar-refractivity contribution in [3.05, 3.63) is 95.3 Å². The first-order valence-electron chi connectivity index (χ1n) is 13.0. The Bertz CT molecular complexity index is 1510. The first-order chi connectivity index (χ1) is 19.9. The van der Waals surface area contributed by atoms with Crippen LogP contribution < -0.4 is 15.4 Å². The Hall–Kier alpha value is -4.64. The van der Waals surface area contributed by atoms with Crippen LogP contribution in [0.2, 0.25) is 0 Å². The smallest absolute Gasteiger partial charge is 0.338 e. The van der Waals surface area contributed by atoms with Gasteiger partial charge in [-0.15, -0.1) is 10.2 Å². The van der Waals surface area contributed by atoms with E-state index in [0.717, 1.165) is 16.8 Å². The number of para-hydroxylation sites is 1. The number of esters is 1. The molecule has 11 heteroatoms. The van der Waals surface area contributed by atoms with E-state index in [-0.39, 0.29) is 37.3 Å². The fraction of sp³-hybridized carbons (Fsp3) is 0.233. The van der Waals surface area contributed by atoms with Gasteiger partial charge in [0.05, 0.1) is 30.2 Å². The molecule has 0 fully saturated rings. The number of anilines is 1. The molecule has 0 atom stereocenters. The second-order valence-electron chi connectivity index (χ2n) is 8.97. The lowest BCUT2D eigenvalue weighted by molar-refractivity contribution is -0.123. The maximum absolute atomic E-state index is 12.7. The predicted octanol–water partition coefficient (Wildman–Crippen LogP) is 4.49. The molecule has 10 nitrogen and oxygen atoms in total. The molecule has 1 heterocycles. The summed E-state index contributed by atoms with van der Waals surface area (Å²) in [7, 11) is 0. The number of carbonyl (C=O) groups excluding carboxylic acids is 3. The largest absolute Gasteiger partial charge is 0.484 e. The zero-order valence-electron chi connectivity index (χ0n) is 23.0. The number of aryl methyl sites for hydroxylation is 1. The molecule has 4 rings (SSSR count). The summed E-state index contributed by atoms with van der Waals surface area (Å²) >= 11 is 1.23. The number of nitrogens with zero attached hydrogens (tertiary/aromatic N) is 3. The molecular formula is C30H31N5O5S. The molecule has 2 N–H and O–H groups in total. The van der Waals surface area contributed by atoms with Crippen LogP contribution in [0.3, 0.4) is 0 Å². The van der Waals surface area contributed by atoms with Gasteiger partial charge in [-0.2, -0.15) is 0 Å². The molecular weight excluding hydrogens is 542 g/mol. The van der Waals surface area contributed by atoms with Crippen LogP contribution in [-0.4, -0.2) is 51.5 Å². The van der Waals surface area contributed by atoms with Crippen LogP contribution in [0, 0.1) is 13.8 Å². The van der Waals surface area contributed by atoms with Gasteiger partial charge in [0.25, 0.3) is 5.91 Å². The molecule has 1 aromatic heterocycles. The number of aromatic nitrogens is 3. The Balaban J connectivity index is 1.43. The second-order valence-corrected chi connectivity index (χ2v) is 9.91. The fourth-order valence-electron chi connectivity index (χ4n) is 3.85. The van der Waals surface area contributed by atoms with Crippen LogP contribution in [0.25, 0.3) is 5.69 Å². The average Bonchev–Trinajstić information content (AvgIpc) is 3.38. The van der Waals surface area contributed by atoms with Gasteiger partial charge in [0, 0.05) is 5.69 Å². The molecule has 0 saturated heterocycles. The van der Waals surface area contributed by atoms with Crippen LogP contribution in [0.15, 0.2) is 78.0 Å². The monoisotopic (exact) mass is 573 g/mol. The van der Waals surface area contributed by atoms with E-state index < -0.39 is 5.97 Å². The van der Waals surface area contributed by atoms with Crippen molar-refractivity contribution in [2.24, 2.45) is 0 Å². The van der Waals surface area contributed by atoms with Crippen molar-refractivity contribution in [2.45, 2.75) is 32.5 Å². The summed E-state index contributed by atoms with van der Waals surface area (Å²) in [5.74, 6) is 0.230. The van der Waals surface area contributed by atoms with Crippen molar-refractivity contribution in [3.63, 3.8) is 0 Å². The minimum absolute atomic E-state index is 0.0693. The quantitative estimate of drug-likeness (QED) is 0.188. The second kappa shape index (κ2) is 14.1. The molecule has 0 unspecified atom stereocenters. The highest BCUT2D eigenvalue weighted by molar-refractivity contribution is 7.99. The molecule has 0 aliphatic carbocycles. The van der Waals surface area contributed by atoms with E-state index in [0.29, 0.717) is 28.0 Å². The maximum atomic E-state index is 12.7. The summed E-state index contributed by atoms with van der Waals surface area (Å²) in [4.78, 5) is 37.1. The number of carbonyl (C=O) groups is 3. The Labute approximate surface area is 242 Å². The summed E-state index contributed by atoms with van der Waals surface area (Å²) in [5, 5.41) is 14.8. The Morgan fingerprint density at radius 1 is 0.902 bits per heavy atom. The van der Waals surface area contributed by atoms with Gasteiger partial charge in [-0.05, 0) is 74.4 Å². The van der Waals surface area contributed by atoms with Gasteiger partial charge in [0.2, 0.25) is 5.91 Å². The fourth-order valence-corrected chi connectivity index (χ4v) is 4.62.